The second-order valence-corrected chi connectivity index (χ2v) is 5.22. The van der Waals surface area contributed by atoms with Crippen LogP contribution in [0, 0.1) is 22.7 Å². The molecule has 108 valence electrons. The Bertz CT molecular complexity index is 650. The first-order valence-electron chi connectivity index (χ1n) is 7.13. The highest BCUT2D eigenvalue weighted by molar-refractivity contribution is 5.38. The Balaban J connectivity index is 1.64. The fourth-order valence-corrected chi connectivity index (χ4v) is 2.66. The zero-order valence-corrected chi connectivity index (χ0v) is 12.0. The van der Waals surface area contributed by atoms with Gasteiger partial charge in [-0.3, -0.25) is 4.98 Å². The van der Waals surface area contributed by atoms with Gasteiger partial charge in [0, 0.05) is 30.9 Å². The summed E-state index contributed by atoms with van der Waals surface area (Å²) in [6.45, 7) is 1.76. The summed E-state index contributed by atoms with van der Waals surface area (Å²) in [5, 5.41) is 17.6. The van der Waals surface area contributed by atoms with Crippen molar-refractivity contribution in [2.24, 2.45) is 0 Å². The fraction of sp³-hybridized carbons (Fsp3) is 0.312. The molecule has 0 radical (unpaired) electrons. The molecule has 2 aromatic heterocycles. The Labute approximate surface area is 128 Å². The van der Waals surface area contributed by atoms with Crippen LogP contribution in [0.4, 0.5) is 5.82 Å². The second-order valence-electron chi connectivity index (χ2n) is 5.22. The Kier molecular flexibility index (Phi) is 3.93. The van der Waals surface area contributed by atoms with Crippen LogP contribution in [0.2, 0.25) is 0 Å². The smallest absolute Gasteiger partial charge is 0.158 e. The highest BCUT2D eigenvalue weighted by atomic mass is 15.2. The molecule has 0 unspecified atom stereocenters. The average molecular weight is 290 g/mol. The van der Waals surface area contributed by atoms with Crippen LogP contribution in [0.25, 0.3) is 0 Å². The number of nitrogens with zero attached hydrogens (tertiary/aromatic N) is 6. The molecular formula is C16H14N6. The van der Waals surface area contributed by atoms with Crippen LogP contribution in [-0.2, 0) is 0 Å². The van der Waals surface area contributed by atoms with Gasteiger partial charge < -0.3 is 4.90 Å². The molecule has 3 heterocycles. The molecule has 1 fully saturated rings. The normalized spacial score (nSPS) is 15.1. The first kappa shape index (κ1) is 14.0. The zero-order chi connectivity index (χ0) is 15.4. The van der Waals surface area contributed by atoms with Gasteiger partial charge in [-0.15, -0.1) is 0 Å². The van der Waals surface area contributed by atoms with Crippen LogP contribution < -0.4 is 4.90 Å². The van der Waals surface area contributed by atoms with E-state index in [9.17, 15) is 0 Å². The van der Waals surface area contributed by atoms with Gasteiger partial charge in [0.05, 0.1) is 18.0 Å². The van der Waals surface area contributed by atoms with Crippen molar-refractivity contribution in [1.29, 1.82) is 10.5 Å². The molecule has 0 saturated carbocycles. The molecule has 3 rings (SSSR count). The number of hydrogen-bond acceptors (Lipinski definition) is 6. The van der Waals surface area contributed by atoms with Crippen LogP contribution >= 0.6 is 0 Å². The Morgan fingerprint density at radius 1 is 0.955 bits per heavy atom. The highest BCUT2D eigenvalue weighted by Gasteiger charge is 2.22. The minimum Gasteiger partial charge on any atom is -0.355 e. The number of nitriles is 2. The number of rotatable bonds is 2. The molecule has 0 bridgehead atoms. The lowest BCUT2D eigenvalue weighted by Crippen LogP contribution is -2.33. The summed E-state index contributed by atoms with van der Waals surface area (Å²) < 4.78 is 0. The van der Waals surface area contributed by atoms with E-state index in [2.05, 4.69) is 25.9 Å². The summed E-state index contributed by atoms with van der Waals surface area (Å²) >= 11 is 0. The molecule has 1 saturated heterocycles. The number of anilines is 1. The predicted octanol–water partition coefficient (Wildman–Crippen LogP) is 2.00. The highest BCUT2D eigenvalue weighted by Crippen LogP contribution is 2.28. The molecule has 22 heavy (non-hydrogen) atoms. The quantitative estimate of drug-likeness (QED) is 0.840. The molecular weight excluding hydrogens is 276 g/mol. The summed E-state index contributed by atoms with van der Waals surface area (Å²) in [4.78, 5) is 14.9. The average Bonchev–Trinajstić information content (AvgIpc) is 2.62. The number of hydrogen-bond donors (Lipinski definition) is 0. The Morgan fingerprint density at radius 3 is 2.32 bits per heavy atom. The van der Waals surface area contributed by atoms with Crippen molar-refractivity contribution >= 4 is 5.82 Å². The number of aromatic nitrogens is 3. The molecule has 2 aromatic rings. The monoisotopic (exact) mass is 290 g/mol. The van der Waals surface area contributed by atoms with Crippen LogP contribution in [0.5, 0.6) is 0 Å². The van der Waals surface area contributed by atoms with E-state index in [1.54, 1.807) is 12.4 Å². The van der Waals surface area contributed by atoms with Crippen molar-refractivity contribution in [2.75, 3.05) is 18.0 Å². The van der Waals surface area contributed by atoms with Gasteiger partial charge in [-0.2, -0.15) is 10.5 Å². The van der Waals surface area contributed by atoms with Gasteiger partial charge >= 0.3 is 0 Å². The largest absolute Gasteiger partial charge is 0.355 e. The van der Waals surface area contributed by atoms with E-state index >= 15 is 0 Å². The molecule has 6 nitrogen and oxygen atoms in total. The molecule has 0 aromatic carbocycles. The van der Waals surface area contributed by atoms with Gasteiger partial charge in [-0.25, -0.2) is 9.97 Å². The summed E-state index contributed by atoms with van der Waals surface area (Å²) in [6.07, 6.45) is 6.76. The first-order chi connectivity index (χ1) is 10.8. The van der Waals surface area contributed by atoms with Crippen LogP contribution in [-0.4, -0.2) is 28.0 Å². The van der Waals surface area contributed by atoms with Gasteiger partial charge in [0.25, 0.3) is 0 Å². The van der Waals surface area contributed by atoms with E-state index in [0.29, 0.717) is 17.2 Å². The maximum atomic E-state index is 8.81. The second kappa shape index (κ2) is 6.19. The van der Waals surface area contributed by atoms with Gasteiger partial charge in [0.2, 0.25) is 0 Å². The van der Waals surface area contributed by atoms with E-state index < -0.39 is 0 Å². The number of piperidine rings is 1. The van der Waals surface area contributed by atoms with Crippen molar-refractivity contribution in [1.82, 2.24) is 15.0 Å². The van der Waals surface area contributed by atoms with Crippen molar-refractivity contribution in [3.63, 3.8) is 0 Å². The third-order valence-electron chi connectivity index (χ3n) is 3.91. The third-order valence-corrected chi connectivity index (χ3v) is 3.91. The fourth-order valence-electron chi connectivity index (χ4n) is 2.66. The standard InChI is InChI=1S/C16H14N6/c17-7-12-1-2-15(20-9-12)13-3-5-22(6-4-13)16-11-19-14(8-18)10-21-16/h1-2,9-11,13H,3-6H2. The molecule has 0 spiro atoms. The molecule has 0 amide bonds. The molecule has 0 atom stereocenters. The van der Waals surface area contributed by atoms with Gasteiger partial charge in [-0.1, -0.05) is 0 Å². The van der Waals surface area contributed by atoms with Crippen molar-refractivity contribution in [3.8, 4) is 12.1 Å². The SMILES string of the molecule is N#Cc1ccc(C2CCN(c3cnc(C#N)cn3)CC2)nc1. The van der Waals surface area contributed by atoms with Gasteiger partial charge in [0.1, 0.15) is 18.0 Å². The van der Waals surface area contributed by atoms with E-state index in [0.717, 1.165) is 37.4 Å². The summed E-state index contributed by atoms with van der Waals surface area (Å²) in [7, 11) is 0. The lowest BCUT2D eigenvalue weighted by Gasteiger charge is -2.32. The number of pyridine rings is 1. The Morgan fingerprint density at radius 2 is 1.77 bits per heavy atom. The lowest BCUT2D eigenvalue weighted by molar-refractivity contribution is 0.493. The topological polar surface area (TPSA) is 89.5 Å². The van der Waals surface area contributed by atoms with E-state index in [1.807, 2.05) is 18.2 Å². The summed E-state index contributed by atoms with van der Waals surface area (Å²) in [5.74, 6) is 1.22. The summed E-state index contributed by atoms with van der Waals surface area (Å²) in [6, 6.07) is 7.82. The minimum absolute atomic E-state index is 0.334. The minimum atomic E-state index is 0.334. The summed E-state index contributed by atoms with van der Waals surface area (Å²) in [5.41, 5.74) is 1.97. The van der Waals surface area contributed by atoms with E-state index in [-0.39, 0.29) is 0 Å². The molecule has 0 N–H and O–H groups in total. The van der Waals surface area contributed by atoms with Crippen molar-refractivity contribution in [3.05, 3.63) is 47.7 Å². The van der Waals surface area contributed by atoms with E-state index in [4.69, 9.17) is 10.5 Å². The lowest BCUT2D eigenvalue weighted by atomic mass is 9.93. The van der Waals surface area contributed by atoms with Crippen LogP contribution in [0.1, 0.15) is 35.7 Å². The maximum absolute atomic E-state index is 8.81. The van der Waals surface area contributed by atoms with E-state index in [1.165, 1.54) is 6.20 Å². The first-order valence-corrected chi connectivity index (χ1v) is 7.13. The third kappa shape index (κ3) is 2.87. The van der Waals surface area contributed by atoms with Gasteiger partial charge in [-0.05, 0) is 25.0 Å². The molecule has 1 aliphatic rings. The van der Waals surface area contributed by atoms with Gasteiger partial charge in [0.15, 0.2) is 5.69 Å². The molecule has 1 aliphatic heterocycles. The molecule has 0 aliphatic carbocycles. The van der Waals surface area contributed by atoms with Crippen molar-refractivity contribution in [2.45, 2.75) is 18.8 Å². The Hall–Kier alpha value is -2.99. The zero-order valence-electron chi connectivity index (χ0n) is 12.0. The molecule has 6 heteroatoms. The maximum Gasteiger partial charge on any atom is 0.158 e. The van der Waals surface area contributed by atoms with Crippen molar-refractivity contribution < 1.29 is 0 Å². The van der Waals surface area contributed by atoms with Crippen LogP contribution in [0.15, 0.2) is 30.7 Å². The predicted molar refractivity (Wildman–Crippen MR) is 79.9 cm³/mol. The van der Waals surface area contributed by atoms with Crippen LogP contribution in [0.3, 0.4) is 0 Å².